The van der Waals surface area contributed by atoms with Gasteiger partial charge in [-0.15, -0.1) is 0 Å². The molecule has 1 aliphatic heterocycles. The molecule has 0 radical (unpaired) electrons. The molecule has 2 aromatic heterocycles. The summed E-state index contributed by atoms with van der Waals surface area (Å²) in [6.07, 6.45) is 5.91. The molecule has 2 aliphatic rings. The number of fused-ring (bicyclic) bond motifs is 3. The minimum Gasteiger partial charge on any atom is -0.453 e. The van der Waals surface area contributed by atoms with Crippen LogP contribution in [0.5, 0.6) is 0 Å². The smallest absolute Gasteiger partial charge is 0.407 e. The lowest BCUT2D eigenvalue weighted by Gasteiger charge is -2.36. The Labute approximate surface area is 347 Å². The highest BCUT2D eigenvalue weighted by atomic mass is 16.5. The van der Waals surface area contributed by atoms with Gasteiger partial charge in [0.2, 0.25) is 5.91 Å². The van der Waals surface area contributed by atoms with E-state index in [4.69, 9.17) is 9.72 Å². The van der Waals surface area contributed by atoms with Gasteiger partial charge in [-0.2, -0.15) is 0 Å². The quantitative estimate of drug-likeness (QED) is 0.0927. The van der Waals surface area contributed by atoms with Crippen molar-refractivity contribution in [1.82, 2.24) is 40.4 Å². The number of carbonyl (C=O) groups excluding carboxylic acids is 4. The molecule has 8 rings (SSSR count). The highest BCUT2D eigenvalue weighted by Gasteiger charge is 2.51. The van der Waals surface area contributed by atoms with E-state index in [1.165, 1.54) is 14.2 Å². The molecular weight excluding hydrogens is 761 g/mol. The van der Waals surface area contributed by atoms with Gasteiger partial charge >= 0.3 is 12.2 Å². The molecule has 0 unspecified atom stereocenters. The number of nitrogens with one attached hydrogen (secondary N) is 4. The first kappa shape index (κ1) is 39.8. The van der Waals surface area contributed by atoms with Crippen molar-refractivity contribution >= 4 is 34.8 Å². The van der Waals surface area contributed by atoms with Crippen molar-refractivity contribution < 1.29 is 28.7 Å². The van der Waals surface area contributed by atoms with Gasteiger partial charge in [0.05, 0.1) is 50.6 Å². The van der Waals surface area contributed by atoms with Gasteiger partial charge in [0.15, 0.2) is 0 Å². The molecule has 0 spiro atoms. The number of likely N-dealkylation sites (tertiary alicyclic amines) is 1. The minimum atomic E-state index is -0.874. The summed E-state index contributed by atoms with van der Waals surface area (Å²) in [4.78, 5) is 70.7. The van der Waals surface area contributed by atoms with Crippen LogP contribution < -0.4 is 10.6 Å². The topological polar surface area (TPSA) is 175 Å². The maximum Gasteiger partial charge on any atom is 0.407 e. The van der Waals surface area contributed by atoms with Gasteiger partial charge in [-0.1, -0.05) is 85.8 Å². The lowest BCUT2D eigenvalue weighted by molar-refractivity contribution is -0.138. The number of piperidine rings is 1. The van der Waals surface area contributed by atoms with Gasteiger partial charge in [0.1, 0.15) is 24.2 Å². The molecule has 4 N–H and O–H groups in total. The highest BCUT2D eigenvalue weighted by molar-refractivity contribution is 5.91. The van der Waals surface area contributed by atoms with Crippen molar-refractivity contribution in [1.29, 1.82) is 0 Å². The molecular formula is C46H48N8O6. The molecule has 4 amide bonds. The SMILES string of the molecule is CCCN(Cc1ncc(-c2ccc3cc(-c4ccc(-c5cnc([C@@H]6[C@H]7CC[C@H](C7)N6C(=O)[C@H](NC(=O)OC)c6ccccc6)[nH]5)cc4)ccc3c2)[nH]1)C(=O)CNC(=O)OC. The van der Waals surface area contributed by atoms with Crippen LogP contribution in [0.15, 0.2) is 103 Å². The number of amides is 4. The zero-order valence-corrected chi connectivity index (χ0v) is 33.8. The average molecular weight is 809 g/mol. The van der Waals surface area contributed by atoms with Gasteiger partial charge in [-0.05, 0) is 76.8 Å². The number of aromatic nitrogens is 4. The van der Waals surface area contributed by atoms with Crippen molar-refractivity contribution in [2.24, 2.45) is 5.92 Å². The van der Waals surface area contributed by atoms with Crippen LogP contribution in [0.1, 0.15) is 61.9 Å². The van der Waals surface area contributed by atoms with E-state index in [9.17, 15) is 19.2 Å². The molecule has 2 fully saturated rings. The Morgan fingerprint density at radius 2 is 1.47 bits per heavy atom. The van der Waals surface area contributed by atoms with E-state index in [1.807, 2.05) is 48.4 Å². The van der Waals surface area contributed by atoms with Crippen molar-refractivity contribution in [3.8, 4) is 33.6 Å². The third kappa shape index (κ3) is 8.31. The molecule has 308 valence electrons. The summed E-state index contributed by atoms with van der Waals surface area (Å²) in [5.74, 6) is 1.29. The van der Waals surface area contributed by atoms with E-state index in [0.29, 0.717) is 24.5 Å². The van der Waals surface area contributed by atoms with Crippen LogP contribution in [0.2, 0.25) is 0 Å². The van der Waals surface area contributed by atoms with E-state index in [2.05, 4.69) is 91.0 Å². The Balaban J connectivity index is 0.951. The zero-order valence-electron chi connectivity index (χ0n) is 33.8. The van der Waals surface area contributed by atoms with Gasteiger partial charge in [0.25, 0.3) is 5.91 Å². The number of methoxy groups -OCH3 is 2. The molecule has 14 nitrogen and oxygen atoms in total. The number of hydrogen-bond donors (Lipinski definition) is 4. The molecule has 1 saturated carbocycles. The first-order chi connectivity index (χ1) is 29.2. The summed E-state index contributed by atoms with van der Waals surface area (Å²) in [5.41, 5.74) is 6.53. The fraction of sp³-hybridized carbons (Fsp3) is 0.304. The van der Waals surface area contributed by atoms with Crippen LogP contribution in [-0.4, -0.2) is 87.1 Å². The molecule has 2 bridgehead atoms. The Morgan fingerprint density at radius 1 is 0.800 bits per heavy atom. The monoisotopic (exact) mass is 808 g/mol. The maximum atomic E-state index is 14.3. The van der Waals surface area contributed by atoms with E-state index in [1.54, 1.807) is 11.1 Å². The van der Waals surface area contributed by atoms with Crippen LogP contribution in [0, 0.1) is 5.92 Å². The van der Waals surface area contributed by atoms with Crippen molar-refractivity contribution in [2.75, 3.05) is 27.3 Å². The van der Waals surface area contributed by atoms with E-state index < -0.39 is 18.2 Å². The molecule has 14 heteroatoms. The van der Waals surface area contributed by atoms with E-state index in [-0.39, 0.29) is 36.4 Å². The summed E-state index contributed by atoms with van der Waals surface area (Å²) >= 11 is 0. The number of benzene rings is 4. The Morgan fingerprint density at radius 3 is 2.20 bits per heavy atom. The summed E-state index contributed by atoms with van der Waals surface area (Å²) < 4.78 is 9.47. The van der Waals surface area contributed by atoms with E-state index >= 15 is 0 Å². The number of nitrogens with zero attached hydrogens (tertiary/aromatic N) is 4. The van der Waals surface area contributed by atoms with Gasteiger partial charge in [0, 0.05) is 18.2 Å². The highest BCUT2D eigenvalue weighted by Crippen LogP contribution is 2.50. The molecule has 3 heterocycles. The molecule has 60 heavy (non-hydrogen) atoms. The number of rotatable bonds is 13. The predicted octanol–water partition coefficient (Wildman–Crippen LogP) is 7.53. The number of alkyl carbamates (subject to hydrolysis) is 2. The second kappa shape index (κ2) is 17.5. The van der Waals surface area contributed by atoms with Crippen LogP contribution in [0.3, 0.4) is 0 Å². The normalized spacial score (nSPS) is 17.3. The number of aromatic amines is 2. The number of carbonyl (C=O) groups is 4. The largest absolute Gasteiger partial charge is 0.453 e. The van der Waals surface area contributed by atoms with Crippen LogP contribution in [0.4, 0.5) is 9.59 Å². The van der Waals surface area contributed by atoms with Gasteiger partial charge in [-0.3, -0.25) is 9.59 Å². The molecule has 1 saturated heterocycles. The molecule has 1 aliphatic carbocycles. The molecule has 4 aromatic carbocycles. The van der Waals surface area contributed by atoms with Crippen molar-refractivity contribution in [2.45, 2.75) is 57.3 Å². The Bertz CT molecular complexity index is 2500. The maximum absolute atomic E-state index is 14.3. The van der Waals surface area contributed by atoms with E-state index in [0.717, 1.165) is 75.9 Å². The first-order valence-electron chi connectivity index (χ1n) is 20.3. The zero-order chi connectivity index (χ0) is 41.8. The average Bonchev–Trinajstić information content (AvgIpc) is 4.13. The first-order valence-corrected chi connectivity index (χ1v) is 20.3. The Hall–Kier alpha value is -6.96. The number of H-pyrrole nitrogens is 2. The van der Waals surface area contributed by atoms with Crippen LogP contribution in [-0.2, 0) is 25.6 Å². The fourth-order valence-corrected chi connectivity index (χ4v) is 8.65. The molecule has 6 aromatic rings. The number of ether oxygens (including phenoxy) is 2. The second-order valence-electron chi connectivity index (χ2n) is 15.3. The number of imidazole rings is 2. The minimum absolute atomic E-state index is 0.0769. The number of hydrogen-bond acceptors (Lipinski definition) is 8. The summed E-state index contributed by atoms with van der Waals surface area (Å²) in [6, 6.07) is 29.3. The summed E-state index contributed by atoms with van der Waals surface area (Å²) in [6.45, 7) is 2.66. The van der Waals surface area contributed by atoms with Crippen molar-refractivity contribution in [3.05, 3.63) is 121 Å². The third-order valence-electron chi connectivity index (χ3n) is 11.6. The predicted molar refractivity (Wildman–Crippen MR) is 226 cm³/mol. The standard InChI is InChI=1S/C46H48N8O6/c1-4-20-53(40(55)26-49-45(57)59-2)27-39-47-24-38(50-39)34-17-16-32-21-31(14-15-33(32)22-34)28-10-12-29(13-11-28)37-25-48-43(51-37)42-35-18-19-36(23-35)54(42)44(56)41(52-46(58)60-3)30-8-6-5-7-9-30/h5-17,21-22,24-25,35-36,41-42H,4,18-20,23,26-27H2,1-3H3,(H,47,50)(H,48,51)(H,49,57)(H,52,58)/t35-,36+,41+,42-/m0/s1. The van der Waals surface area contributed by atoms with Crippen molar-refractivity contribution in [3.63, 3.8) is 0 Å². The Kier molecular flexibility index (Phi) is 11.6. The summed E-state index contributed by atoms with van der Waals surface area (Å²) in [7, 11) is 2.56. The third-order valence-corrected chi connectivity index (χ3v) is 11.6. The fourth-order valence-electron chi connectivity index (χ4n) is 8.65. The summed E-state index contributed by atoms with van der Waals surface area (Å²) in [5, 5.41) is 7.39. The van der Waals surface area contributed by atoms with Crippen LogP contribution >= 0.6 is 0 Å². The lowest BCUT2D eigenvalue weighted by Crippen LogP contribution is -2.47. The van der Waals surface area contributed by atoms with Crippen LogP contribution in [0.25, 0.3) is 44.4 Å². The second-order valence-corrected chi connectivity index (χ2v) is 15.3. The van der Waals surface area contributed by atoms with Gasteiger partial charge in [-0.25, -0.2) is 19.6 Å². The molecule has 4 atom stereocenters. The lowest BCUT2D eigenvalue weighted by atomic mass is 9.96. The van der Waals surface area contributed by atoms with Gasteiger partial charge < -0.3 is 39.9 Å².